The molecule has 5 nitrogen and oxygen atoms in total. The fraction of sp³-hybridized carbons (Fsp3) is 0.111. The minimum atomic E-state index is -0.197. The number of benzene rings is 1. The smallest absolute Gasteiger partial charge is 0.184 e. The molecular weight excluding hydrogens is 214 g/mol. The van der Waals surface area contributed by atoms with Crippen LogP contribution in [0.15, 0.2) is 23.3 Å². The van der Waals surface area contributed by atoms with E-state index in [2.05, 4.69) is 22.7 Å². The molecule has 15 heavy (non-hydrogen) atoms. The number of nitrogens with zero attached hydrogens (tertiary/aromatic N) is 1. The largest absolute Gasteiger partial charge is 0.504 e. The van der Waals surface area contributed by atoms with E-state index < -0.39 is 0 Å². The number of thiocarbonyl (C=S) groups is 1. The molecule has 0 aromatic heterocycles. The summed E-state index contributed by atoms with van der Waals surface area (Å²) in [4.78, 5) is 0. The molecule has 0 spiro atoms. The molecule has 80 valence electrons. The van der Waals surface area contributed by atoms with Gasteiger partial charge >= 0.3 is 0 Å². The molecule has 0 bridgehead atoms. The van der Waals surface area contributed by atoms with Crippen molar-refractivity contribution >= 4 is 23.0 Å². The molecule has 0 saturated heterocycles. The fourth-order valence-electron chi connectivity index (χ4n) is 0.952. The molecule has 0 unspecified atom stereocenters. The Labute approximate surface area is 92.2 Å². The number of hydrogen-bond acceptors (Lipinski definition) is 4. The lowest BCUT2D eigenvalue weighted by Crippen LogP contribution is -2.25. The van der Waals surface area contributed by atoms with Gasteiger partial charge in [0.2, 0.25) is 0 Å². The lowest BCUT2D eigenvalue weighted by atomic mass is 10.1. The van der Waals surface area contributed by atoms with Gasteiger partial charge in [-0.2, -0.15) is 5.10 Å². The highest BCUT2D eigenvalue weighted by molar-refractivity contribution is 7.80. The van der Waals surface area contributed by atoms with E-state index in [1.807, 2.05) is 0 Å². The minimum absolute atomic E-state index is 0.0670. The van der Waals surface area contributed by atoms with E-state index in [0.29, 0.717) is 11.3 Å². The van der Waals surface area contributed by atoms with Crippen LogP contribution in [-0.4, -0.2) is 21.0 Å². The second-order valence-corrected chi connectivity index (χ2v) is 3.32. The van der Waals surface area contributed by atoms with E-state index in [1.54, 1.807) is 13.0 Å². The van der Waals surface area contributed by atoms with Gasteiger partial charge in [-0.05, 0) is 37.3 Å². The molecule has 0 fully saturated rings. The summed E-state index contributed by atoms with van der Waals surface area (Å²) in [7, 11) is 0. The number of nitrogens with one attached hydrogen (secondary N) is 1. The molecule has 5 N–H and O–H groups in total. The average Bonchev–Trinajstić information content (AvgIpc) is 2.18. The van der Waals surface area contributed by atoms with Crippen molar-refractivity contribution in [2.45, 2.75) is 6.92 Å². The Morgan fingerprint density at radius 2 is 2.07 bits per heavy atom. The summed E-state index contributed by atoms with van der Waals surface area (Å²) in [5.74, 6) is -0.369. The molecule has 1 rings (SSSR count). The average molecular weight is 225 g/mol. The summed E-state index contributed by atoms with van der Waals surface area (Å²) in [5, 5.41) is 22.3. The van der Waals surface area contributed by atoms with Crippen LogP contribution < -0.4 is 11.2 Å². The lowest BCUT2D eigenvalue weighted by molar-refractivity contribution is 0.403. The predicted octanol–water partition coefficient (Wildman–Crippen LogP) is 0.655. The molecule has 6 heteroatoms. The monoisotopic (exact) mass is 225 g/mol. The van der Waals surface area contributed by atoms with Gasteiger partial charge in [0.15, 0.2) is 16.6 Å². The Hall–Kier alpha value is -1.82. The van der Waals surface area contributed by atoms with Crippen LogP contribution >= 0.6 is 12.2 Å². The Kier molecular flexibility index (Phi) is 3.46. The summed E-state index contributed by atoms with van der Waals surface area (Å²) in [6.45, 7) is 1.72. The van der Waals surface area contributed by atoms with Crippen LogP contribution in [0.4, 0.5) is 0 Å². The maximum absolute atomic E-state index is 9.25. The van der Waals surface area contributed by atoms with Crippen LogP contribution in [0.1, 0.15) is 12.5 Å². The molecule has 0 amide bonds. The maximum Gasteiger partial charge on any atom is 0.184 e. The number of phenolic OH excluding ortho intramolecular Hbond substituents is 2. The van der Waals surface area contributed by atoms with E-state index in [4.69, 9.17) is 10.8 Å². The van der Waals surface area contributed by atoms with Crippen LogP contribution in [0.5, 0.6) is 11.5 Å². The van der Waals surface area contributed by atoms with Crippen LogP contribution in [0.2, 0.25) is 0 Å². The van der Waals surface area contributed by atoms with Gasteiger partial charge in [0.25, 0.3) is 0 Å². The third-order valence-corrected chi connectivity index (χ3v) is 1.82. The van der Waals surface area contributed by atoms with Crippen molar-refractivity contribution in [3.63, 3.8) is 0 Å². The molecule has 1 aromatic carbocycles. The van der Waals surface area contributed by atoms with Crippen molar-refractivity contribution in [2.24, 2.45) is 10.8 Å². The van der Waals surface area contributed by atoms with Gasteiger partial charge in [0, 0.05) is 5.56 Å². The van der Waals surface area contributed by atoms with E-state index in [1.165, 1.54) is 12.1 Å². The molecule has 0 atom stereocenters. The Balaban J connectivity index is 2.91. The van der Waals surface area contributed by atoms with Gasteiger partial charge in [0.1, 0.15) is 0 Å². The van der Waals surface area contributed by atoms with Gasteiger partial charge in [-0.1, -0.05) is 0 Å². The molecule has 0 saturated carbocycles. The van der Waals surface area contributed by atoms with Crippen molar-refractivity contribution in [2.75, 3.05) is 0 Å². The normalized spacial score (nSPS) is 11.1. The quantitative estimate of drug-likeness (QED) is 0.257. The Morgan fingerprint density at radius 1 is 1.40 bits per heavy atom. The number of hydrogen-bond donors (Lipinski definition) is 4. The number of aromatic hydroxyl groups is 2. The zero-order valence-electron chi connectivity index (χ0n) is 8.06. The number of rotatable bonds is 2. The molecule has 0 aliphatic carbocycles. The van der Waals surface area contributed by atoms with Crippen LogP contribution in [-0.2, 0) is 0 Å². The summed E-state index contributed by atoms with van der Waals surface area (Å²) in [6.07, 6.45) is 0. The SMILES string of the molecule is CC(=NNC(N)=S)c1ccc(O)c(O)c1. The zero-order valence-corrected chi connectivity index (χ0v) is 8.88. The summed E-state index contributed by atoms with van der Waals surface area (Å²) < 4.78 is 0. The highest BCUT2D eigenvalue weighted by Crippen LogP contribution is 2.24. The Morgan fingerprint density at radius 3 is 2.60 bits per heavy atom. The topological polar surface area (TPSA) is 90.9 Å². The molecular formula is C9H11N3O2S. The van der Waals surface area contributed by atoms with Crippen molar-refractivity contribution in [1.82, 2.24) is 5.43 Å². The highest BCUT2D eigenvalue weighted by atomic mass is 32.1. The van der Waals surface area contributed by atoms with Gasteiger partial charge in [-0.25, -0.2) is 0 Å². The van der Waals surface area contributed by atoms with Gasteiger partial charge < -0.3 is 15.9 Å². The lowest BCUT2D eigenvalue weighted by Gasteiger charge is -2.03. The molecule has 1 aromatic rings. The molecule has 0 radical (unpaired) electrons. The zero-order chi connectivity index (χ0) is 11.4. The van der Waals surface area contributed by atoms with Crippen molar-refractivity contribution in [1.29, 1.82) is 0 Å². The van der Waals surface area contributed by atoms with Crippen LogP contribution in [0.3, 0.4) is 0 Å². The van der Waals surface area contributed by atoms with Crippen LogP contribution in [0, 0.1) is 0 Å². The van der Waals surface area contributed by atoms with Crippen molar-refractivity contribution in [3.8, 4) is 11.5 Å². The first-order valence-electron chi connectivity index (χ1n) is 4.13. The second-order valence-electron chi connectivity index (χ2n) is 2.88. The number of nitrogens with two attached hydrogens (primary N) is 1. The van der Waals surface area contributed by atoms with E-state index in [9.17, 15) is 5.11 Å². The first-order valence-corrected chi connectivity index (χ1v) is 4.53. The Bertz CT molecular complexity index is 418. The van der Waals surface area contributed by atoms with Gasteiger partial charge in [-0.3, -0.25) is 5.43 Å². The third-order valence-electron chi connectivity index (χ3n) is 1.73. The van der Waals surface area contributed by atoms with E-state index in [-0.39, 0.29) is 16.6 Å². The molecule has 0 aliphatic rings. The standard InChI is InChI=1S/C9H11N3O2S/c1-5(11-12-9(10)15)6-2-3-7(13)8(14)4-6/h2-4,13-14H,1H3,(H3,10,12,15). The van der Waals surface area contributed by atoms with E-state index in [0.717, 1.165) is 0 Å². The van der Waals surface area contributed by atoms with E-state index >= 15 is 0 Å². The summed E-state index contributed by atoms with van der Waals surface area (Å²) in [5.41, 5.74) is 8.88. The summed E-state index contributed by atoms with van der Waals surface area (Å²) >= 11 is 4.58. The van der Waals surface area contributed by atoms with Gasteiger partial charge in [-0.15, -0.1) is 0 Å². The summed E-state index contributed by atoms with van der Waals surface area (Å²) in [6, 6.07) is 4.40. The van der Waals surface area contributed by atoms with Crippen LogP contribution in [0.25, 0.3) is 0 Å². The first kappa shape index (κ1) is 11.3. The first-order chi connectivity index (χ1) is 7.00. The third kappa shape index (κ3) is 3.10. The molecule has 0 heterocycles. The highest BCUT2D eigenvalue weighted by Gasteiger charge is 2.02. The number of phenols is 2. The fourth-order valence-corrected chi connectivity index (χ4v) is 0.998. The number of hydrazone groups is 1. The van der Waals surface area contributed by atoms with Crippen molar-refractivity contribution in [3.05, 3.63) is 23.8 Å². The minimum Gasteiger partial charge on any atom is -0.504 e. The van der Waals surface area contributed by atoms with Gasteiger partial charge in [0.05, 0.1) is 5.71 Å². The predicted molar refractivity (Wildman–Crippen MR) is 61.9 cm³/mol. The second kappa shape index (κ2) is 4.61. The maximum atomic E-state index is 9.25. The molecule has 0 aliphatic heterocycles. The van der Waals surface area contributed by atoms with Crippen molar-refractivity contribution < 1.29 is 10.2 Å².